The summed E-state index contributed by atoms with van der Waals surface area (Å²) in [6.07, 6.45) is 1.61. The van der Waals surface area contributed by atoms with Crippen LogP contribution >= 0.6 is 11.6 Å². The Morgan fingerprint density at radius 3 is 2.73 bits per heavy atom. The fourth-order valence-electron chi connectivity index (χ4n) is 2.80. The molecule has 0 aliphatic heterocycles. The second kappa shape index (κ2) is 6.13. The number of amides is 1. The summed E-state index contributed by atoms with van der Waals surface area (Å²) in [4.78, 5) is 16.5. The average molecular weight is 319 g/mol. The van der Waals surface area contributed by atoms with Gasteiger partial charge >= 0.3 is 0 Å². The maximum Gasteiger partial charge on any atom is 0.223 e. The number of rotatable bonds is 5. The third kappa shape index (κ3) is 3.33. The molecule has 1 heterocycles. The molecule has 1 aliphatic carbocycles. The molecule has 116 valence electrons. The molecular formula is C17H19ClN2O2. The van der Waals surface area contributed by atoms with E-state index in [2.05, 4.69) is 10.3 Å². The zero-order chi connectivity index (χ0) is 15.7. The van der Waals surface area contributed by atoms with E-state index in [9.17, 15) is 4.79 Å². The predicted molar refractivity (Wildman–Crippen MR) is 85.0 cm³/mol. The number of oxazole rings is 1. The summed E-state index contributed by atoms with van der Waals surface area (Å²) in [5, 5.41) is 3.72. The zero-order valence-electron chi connectivity index (χ0n) is 12.7. The second-order valence-corrected chi connectivity index (χ2v) is 6.21. The smallest absolute Gasteiger partial charge is 0.223 e. The van der Waals surface area contributed by atoms with Crippen molar-refractivity contribution in [3.05, 3.63) is 52.2 Å². The fourth-order valence-corrected chi connectivity index (χ4v) is 2.93. The largest absolute Gasteiger partial charge is 0.446 e. The number of carbonyl (C=O) groups excluding carboxylic acids is 1. The fraction of sp³-hybridized carbons (Fsp3) is 0.412. The van der Waals surface area contributed by atoms with Crippen molar-refractivity contribution in [2.75, 3.05) is 6.54 Å². The van der Waals surface area contributed by atoms with Crippen molar-refractivity contribution in [3.8, 4) is 0 Å². The maximum absolute atomic E-state index is 12.2. The van der Waals surface area contributed by atoms with E-state index in [1.54, 1.807) is 0 Å². The molecule has 0 saturated heterocycles. The molecule has 1 aliphatic rings. The molecule has 1 N–H and O–H groups in total. The lowest BCUT2D eigenvalue weighted by Crippen LogP contribution is -2.27. The van der Waals surface area contributed by atoms with Crippen molar-refractivity contribution in [2.45, 2.75) is 32.6 Å². The highest BCUT2D eigenvalue weighted by molar-refractivity contribution is 6.30. The lowest BCUT2D eigenvalue weighted by Gasteiger charge is -2.04. The topological polar surface area (TPSA) is 55.1 Å². The van der Waals surface area contributed by atoms with Crippen LogP contribution in [-0.2, 0) is 11.2 Å². The third-order valence-corrected chi connectivity index (χ3v) is 4.34. The Kier molecular flexibility index (Phi) is 4.21. The van der Waals surface area contributed by atoms with Gasteiger partial charge in [-0.05, 0) is 37.0 Å². The molecule has 0 unspecified atom stereocenters. The van der Waals surface area contributed by atoms with Crippen LogP contribution in [0.4, 0.5) is 0 Å². The first-order valence-electron chi connectivity index (χ1n) is 7.50. The van der Waals surface area contributed by atoms with Gasteiger partial charge in [0.1, 0.15) is 5.76 Å². The molecule has 3 rings (SSSR count). The number of hydrogen-bond acceptors (Lipinski definition) is 3. The summed E-state index contributed by atoms with van der Waals surface area (Å²) in [6, 6.07) is 7.75. The van der Waals surface area contributed by atoms with E-state index in [0.29, 0.717) is 24.8 Å². The van der Waals surface area contributed by atoms with Crippen molar-refractivity contribution in [2.24, 2.45) is 5.92 Å². The van der Waals surface area contributed by atoms with E-state index >= 15 is 0 Å². The Morgan fingerprint density at radius 1 is 1.36 bits per heavy atom. The maximum atomic E-state index is 12.2. The normalized spacial score (nSPS) is 20.0. The van der Waals surface area contributed by atoms with Crippen molar-refractivity contribution in [1.29, 1.82) is 0 Å². The first kappa shape index (κ1) is 15.1. The number of aromatic nitrogens is 1. The first-order chi connectivity index (χ1) is 10.5. The molecule has 1 amide bonds. The Labute approximate surface area is 134 Å². The van der Waals surface area contributed by atoms with Gasteiger partial charge in [0.05, 0.1) is 5.69 Å². The van der Waals surface area contributed by atoms with Gasteiger partial charge in [-0.15, -0.1) is 0 Å². The number of hydrogen-bond donors (Lipinski definition) is 1. The van der Waals surface area contributed by atoms with Gasteiger partial charge in [-0.25, -0.2) is 4.98 Å². The van der Waals surface area contributed by atoms with Crippen molar-refractivity contribution in [3.63, 3.8) is 0 Å². The SMILES string of the molecule is Cc1nc(CCNC(=O)[C@@H]2C[C@@H]2c2ccc(Cl)cc2)c(C)o1. The van der Waals surface area contributed by atoms with Gasteiger partial charge in [0.25, 0.3) is 0 Å². The summed E-state index contributed by atoms with van der Waals surface area (Å²) in [6.45, 7) is 4.32. The predicted octanol–water partition coefficient (Wildman–Crippen LogP) is 3.41. The quantitative estimate of drug-likeness (QED) is 0.919. The molecule has 2 aromatic rings. The molecule has 1 aromatic carbocycles. The van der Waals surface area contributed by atoms with Crippen LogP contribution in [0.25, 0.3) is 0 Å². The van der Waals surface area contributed by atoms with Crippen LogP contribution in [0.5, 0.6) is 0 Å². The van der Waals surface area contributed by atoms with Crippen LogP contribution in [0, 0.1) is 19.8 Å². The first-order valence-corrected chi connectivity index (χ1v) is 7.88. The van der Waals surface area contributed by atoms with Crippen LogP contribution < -0.4 is 5.32 Å². The Morgan fingerprint density at radius 2 is 2.09 bits per heavy atom. The summed E-state index contributed by atoms with van der Waals surface area (Å²) in [5.74, 6) is 2.04. The molecule has 0 bridgehead atoms. The Bertz CT molecular complexity index is 678. The molecular weight excluding hydrogens is 300 g/mol. The number of halogens is 1. The summed E-state index contributed by atoms with van der Waals surface area (Å²) < 4.78 is 5.38. The molecule has 4 nitrogen and oxygen atoms in total. The molecule has 0 radical (unpaired) electrons. The molecule has 1 saturated carbocycles. The van der Waals surface area contributed by atoms with Gasteiger partial charge in [0.2, 0.25) is 5.91 Å². The average Bonchev–Trinajstić information content (AvgIpc) is 3.21. The summed E-state index contributed by atoms with van der Waals surface area (Å²) in [7, 11) is 0. The van der Waals surface area contributed by atoms with Gasteiger partial charge in [-0.3, -0.25) is 4.79 Å². The molecule has 1 fully saturated rings. The monoisotopic (exact) mass is 318 g/mol. The molecule has 5 heteroatoms. The number of aryl methyl sites for hydroxylation is 2. The standard InChI is InChI=1S/C17H19ClN2O2/c1-10-16(20-11(2)22-10)7-8-19-17(21)15-9-14(15)12-3-5-13(18)6-4-12/h3-6,14-15H,7-9H2,1-2H3,(H,19,21)/t14-,15-/m1/s1. The highest BCUT2D eigenvalue weighted by Crippen LogP contribution is 2.47. The van der Waals surface area contributed by atoms with Gasteiger partial charge in [0, 0.05) is 30.8 Å². The third-order valence-electron chi connectivity index (χ3n) is 4.09. The van der Waals surface area contributed by atoms with E-state index < -0.39 is 0 Å². The van der Waals surface area contributed by atoms with E-state index in [1.165, 1.54) is 5.56 Å². The highest BCUT2D eigenvalue weighted by Gasteiger charge is 2.43. The minimum Gasteiger partial charge on any atom is -0.446 e. The Hall–Kier alpha value is -1.81. The van der Waals surface area contributed by atoms with Crippen molar-refractivity contribution in [1.82, 2.24) is 10.3 Å². The van der Waals surface area contributed by atoms with Crippen molar-refractivity contribution < 1.29 is 9.21 Å². The minimum absolute atomic E-state index is 0.0846. The van der Waals surface area contributed by atoms with Crippen LogP contribution in [0.1, 0.15) is 35.2 Å². The van der Waals surface area contributed by atoms with E-state index in [4.69, 9.17) is 16.0 Å². The number of nitrogens with zero attached hydrogens (tertiary/aromatic N) is 1. The van der Waals surface area contributed by atoms with Crippen molar-refractivity contribution >= 4 is 17.5 Å². The highest BCUT2D eigenvalue weighted by atomic mass is 35.5. The van der Waals surface area contributed by atoms with E-state index in [-0.39, 0.29) is 11.8 Å². The summed E-state index contributed by atoms with van der Waals surface area (Å²) in [5.41, 5.74) is 2.11. The van der Waals surface area contributed by atoms with Crippen LogP contribution in [0.15, 0.2) is 28.7 Å². The van der Waals surface area contributed by atoms with Crippen LogP contribution in [0.2, 0.25) is 5.02 Å². The lowest BCUT2D eigenvalue weighted by molar-refractivity contribution is -0.122. The molecule has 0 spiro atoms. The molecule has 22 heavy (non-hydrogen) atoms. The van der Waals surface area contributed by atoms with Crippen LogP contribution in [-0.4, -0.2) is 17.4 Å². The van der Waals surface area contributed by atoms with Gasteiger partial charge < -0.3 is 9.73 Å². The van der Waals surface area contributed by atoms with Crippen LogP contribution in [0.3, 0.4) is 0 Å². The van der Waals surface area contributed by atoms with E-state index in [0.717, 1.165) is 22.9 Å². The van der Waals surface area contributed by atoms with E-state index in [1.807, 2.05) is 38.1 Å². The second-order valence-electron chi connectivity index (χ2n) is 5.78. The Balaban J connectivity index is 1.47. The van der Waals surface area contributed by atoms with Gasteiger partial charge in [0.15, 0.2) is 5.89 Å². The van der Waals surface area contributed by atoms with Gasteiger partial charge in [-0.1, -0.05) is 23.7 Å². The van der Waals surface area contributed by atoms with Gasteiger partial charge in [-0.2, -0.15) is 0 Å². The lowest BCUT2D eigenvalue weighted by atomic mass is 10.1. The summed E-state index contributed by atoms with van der Waals surface area (Å²) >= 11 is 5.88. The molecule has 2 atom stereocenters. The number of carbonyl (C=O) groups is 1. The number of benzene rings is 1. The molecule has 1 aromatic heterocycles. The zero-order valence-corrected chi connectivity index (χ0v) is 13.5. The minimum atomic E-state index is 0.0846. The number of nitrogens with one attached hydrogen (secondary N) is 1.